The Hall–Kier alpha value is -2.28. The number of rotatable bonds is 5. The number of fused-ring (bicyclic) bond motifs is 1. The second-order valence-electron chi connectivity index (χ2n) is 6.43. The maximum Gasteiger partial charge on any atom is 0.253 e. The Morgan fingerprint density at radius 1 is 1.32 bits per heavy atom. The van der Waals surface area contributed by atoms with E-state index in [2.05, 4.69) is 41.2 Å². The molecule has 132 valence electrons. The van der Waals surface area contributed by atoms with E-state index in [0.29, 0.717) is 11.3 Å². The minimum Gasteiger partial charge on any atom is -0.344 e. The molecule has 1 N–H and O–H groups in total. The molecule has 0 aromatic carbocycles. The maximum atomic E-state index is 12.7. The Kier molecular flexibility index (Phi) is 4.85. The van der Waals surface area contributed by atoms with Gasteiger partial charge in [-0.3, -0.25) is 4.79 Å². The number of carbonyl (C=O) groups is 1. The lowest BCUT2D eigenvalue weighted by molar-refractivity contribution is 0.0938. The average Bonchev–Trinajstić information content (AvgIpc) is 3.20. The molecule has 3 rings (SSSR count). The van der Waals surface area contributed by atoms with Gasteiger partial charge in [0.2, 0.25) is 0 Å². The number of pyridine rings is 1. The molecule has 0 radical (unpaired) electrons. The lowest BCUT2D eigenvalue weighted by atomic mass is 10.1. The third kappa shape index (κ3) is 3.42. The second kappa shape index (κ2) is 6.92. The van der Waals surface area contributed by atoms with Crippen molar-refractivity contribution in [2.45, 2.75) is 53.1 Å². The third-order valence-corrected chi connectivity index (χ3v) is 5.17. The van der Waals surface area contributed by atoms with E-state index in [0.717, 1.165) is 28.2 Å². The quantitative estimate of drug-likeness (QED) is 0.753. The fourth-order valence-corrected chi connectivity index (χ4v) is 3.55. The van der Waals surface area contributed by atoms with Crippen molar-refractivity contribution in [3.8, 4) is 0 Å². The molecule has 0 aliphatic heterocycles. The largest absolute Gasteiger partial charge is 0.344 e. The van der Waals surface area contributed by atoms with E-state index in [1.807, 2.05) is 30.0 Å². The smallest absolute Gasteiger partial charge is 0.253 e. The van der Waals surface area contributed by atoms with Crippen molar-refractivity contribution < 1.29 is 4.79 Å². The van der Waals surface area contributed by atoms with Crippen LogP contribution < -0.4 is 5.32 Å². The Morgan fingerprint density at radius 2 is 2.08 bits per heavy atom. The number of amides is 1. The van der Waals surface area contributed by atoms with Gasteiger partial charge in [-0.05, 0) is 40.2 Å². The standard InChI is InChI=1S/C18H23N5OS/c1-6-16-22-15(9-25-16)12(5)21-18(24)14-7-13-8-19-23(10(2)3)17(13)20-11(14)4/h7-10,12H,6H2,1-5H3,(H,21,24). The summed E-state index contributed by atoms with van der Waals surface area (Å²) in [6, 6.07) is 1.95. The van der Waals surface area contributed by atoms with Crippen molar-refractivity contribution in [1.29, 1.82) is 0 Å². The number of hydrogen-bond donors (Lipinski definition) is 1. The maximum absolute atomic E-state index is 12.7. The molecule has 1 atom stereocenters. The van der Waals surface area contributed by atoms with Gasteiger partial charge in [0.15, 0.2) is 5.65 Å². The molecule has 0 saturated heterocycles. The van der Waals surface area contributed by atoms with Gasteiger partial charge in [0.1, 0.15) is 0 Å². The predicted octanol–water partition coefficient (Wildman–Crippen LogP) is 3.83. The summed E-state index contributed by atoms with van der Waals surface area (Å²) >= 11 is 1.63. The summed E-state index contributed by atoms with van der Waals surface area (Å²) in [5.41, 5.74) is 2.99. The Labute approximate surface area is 151 Å². The number of thiazole rings is 1. The number of aryl methyl sites for hydroxylation is 2. The van der Waals surface area contributed by atoms with Crippen LogP contribution >= 0.6 is 11.3 Å². The minimum atomic E-state index is -0.141. The molecule has 0 aliphatic carbocycles. The highest BCUT2D eigenvalue weighted by molar-refractivity contribution is 7.09. The average molecular weight is 357 g/mol. The van der Waals surface area contributed by atoms with Gasteiger partial charge in [0.05, 0.1) is 34.2 Å². The zero-order chi connectivity index (χ0) is 18.1. The minimum absolute atomic E-state index is 0.136. The van der Waals surface area contributed by atoms with Crippen LogP contribution in [0.1, 0.15) is 66.5 Å². The second-order valence-corrected chi connectivity index (χ2v) is 7.37. The molecule has 0 spiro atoms. The Bertz CT molecular complexity index is 911. The van der Waals surface area contributed by atoms with E-state index in [-0.39, 0.29) is 18.0 Å². The molecule has 0 saturated carbocycles. The molecule has 25 heavy (non-hydrogen) atoms. The fraction of sp³-hybridized carbons (Fsp3) is 0.444. The summed E-state index contributed by atoms with van der Waals surface area (Å²) in [7, 11) is 0. The van der Waals surface area contributed by atoms with Crippen LogP contribution in [0.4, 0.5) is 0 Å². The molecule has 6 nitrogen and oxygen atoms in total. The highest BCUT2D eigenvalue weighted by atomic mass is 32.1. The molecular weight excluding hydrogens is 334 g/mol. The normalized spacial score (nSPS) is 12.7. The zero-order valence-electron chi connectivity index (χ0n) is 15.2. The summed E-state index contributed by atoms with van der Waals surface area (Å²) in [5.74, 6) is -0.136. The molecule has 0 aliphatic rings. The summed E-state index contributed by atoms with van der Waals surface area (Å²) in [6.45, 7) is 10.0. The highest BCUT2D eigenvalue weighted by Crippen LogP contribution is 2.21. The van der Waals surface area contributed by atoms with Gasteiger partial charge in [-0.1, -0.05) is 6.92 Å². The molecule has 0 fully saturated rings. The third-order valence-electron chi connectivity index (χ3n) is 4.16. The van der Waals surface area contributed by atoms with Gasteiger partial charge >= 0.3 is 0 Å². The van der Waals surface area contributed by atoms with Crippen molar-refractivity contribution in [3.05, 3.63) is 39.6 Å². The van der Waals surface area contributed by atoms with E-state index in [4.69, 9.17) is 0 Å². The predicted molar refractivity (Wildman–Crippen MR) is 100 cm³/mol. The van der Waals surface area contributed by atoms with Crippen LogP contribution in [0.5, 0.6) is 0 Å². The molecule has 1 unspecified atom stereocenters. The number of nitrogens with one attached hydrogen (secondary N) is 1. The molecule has 3 heterocycles. The summed E-state index contributed by atoms with van der Waals surface area (Å²) in [4.78, 5) is 21.9. The summed E-state index contributed by atoms with van der Waals surface area (Å²) in [5, 5.41) is 11.4. The first-order chi connectivity index (χ1) is 11.9. The van der Waals surface area contributed by atoms with Crippen LogP contribution in [0, 0.1) is 6.92 Å². The van der Waals surface area contributed by atoms with Gasteiger partial charge in [-0.2, -0.15) is 5.10 Å². The van der Waals surface area contributed by atoms with Gasteiger partial charge in [-0.25, -0.2) is 14.6 Å². The fourth-order valence-electron chi connectivity index (χ4n) is 2.71. The van der Waals surface area contributed by atoms with Gasteiger partial charge in [0.25, 0.3) is 5.91 Å². The Balaban J connectivity index is 1.85. The number of aromatic nitrogens is 4. The lowest BCUT2D eigenvalue weighted by Crippen LogP contribution is -2.27. The molecule has 0 bridgehead atoms. The molecule has 1 amide bonds. The molecule has 3 aromatic rings. The van der Waals surface area contributed by atoms with Crippen molar-refractivity contribution in [2.75, 3.05) is 0 Å². The molecular formula is C18H23N5OS. The first-order valence-electron chi connectivity index (χ1n) is 8.50. The summed E-state index contributed by atoms with van der Waals surface area (Å²) in [6.07, 6.45) is 2.67. The van der Waals surface area contributed by atoms with Gasteiger partial charge in [0, 0.05) is 16.8 Å². The van der Waals surface area contributed by atoms with Crippen LogP contribution in [0.25, 0.3) is 11.0 Å². The lowest BCUT2D eigenvalue weighted by Gasteiger charge is -2.13. The van der Waals surface area contributed by atoms with E-state index in [1.54, 1.807) is 17.5 Å². The van der Waals surface area contributed by atoms with Crippen molar-refractivity contribution >= 4 is 28.3 Å². The summed E-state index contributed by atoms with van der Waals surface area (Å²) < 4.78 is 1.87. The monoisotopic (exact) mass is 357 g/mol. The SMILES string of the molecule is CCc1nc(C(C)NC(=O)c2cc3cnn(C(C)C)c3nc2C)cs1. The number of nitrogens with zero attached hydrogens (tertiary/aromatic N) is 4. The molecule has 7 heteroatoms. The number of carbonyl (C=O) groups excluding carboxylic acids is 1. The van der Waals surface area contributed by atoms with E-state index in [1.165, 1.54) is 0 Å². The first kappa shape index (κ1) is 17.5. The van der Waals surface area contributed by atoms with Crippen LogP contribution in [0.2, 0.25) is 0 Å². The van der Waals surface area contributed by atoms with E-state index in [9.17, 15) is 4.79 Å². The van der Waals surface area contributed by atoms with E-state index >= 15 is 0 Å². The number of hydrogen-bond acceptors (Lipinski definition) is 5. The first-order valence-corrected chi connectivity index (χ1v) is 9.38. The van der Waals surface area contributed by atoms with Gasteiger partial charge < -0.3 is 5.32 Å². The Morgan fingerprint density at radius 3 is 2.72 bits per heavy atom. The van der Waals surface area contributed by atoms with Gasteiger partial charge in [-0.15, -0.1) is 11.3 Å². The van der Waals surface area contributed by atoms with Crippen molar-refractivity contribution in [2.24, 2.45) is 0 Å². The van der Waals surface area contributed by atoms with Crippen LogP contribution in [0.15, 0.2) is 17.6 Å². The van der Waals surface area contributed by atoms with Crippen molar-refractivity contribution in [1.82, 2.24) is 25.1 Å². The topological polar surface area (TPSA) is 72.7 Å². The van der Waals surface area contributed by atoms with Crippen LogP contribution in [0.3, 0.4) is 0 Å². The highest BCUT2D eigenvalue weighted by Gasteiger charge is 2.18. The molecule has 3 aromatic heterocycles. The van der Waals surface area contributed by atoms with Crippen molar-refractivity contribution in [3.63, 3.8) is 0 Å². The van der Waals surface area contributed by atoms with Crippen LogP contribution in [-0.4, -0.2) is 25.7 Å². The van der Waals surface area contributed by atoms with Crippen LogP contribution in [-0.2, 0) is 6.42 Å². The zero-order valence-corrected chi connectivity index (χ0v) is 16.0. The van der Waals surface area contributed by atoms with E-state index < -0.39 is 0 Å².